The zero-order valence-corrected chi connectivity index (χ0v) is 14.0. The van der Waals surface area contributed by atoms with Gasteiger partial charge in [-0.15, -0.1) is 0 Å². The molecule has 6 heteroatoms. The number of ether oxygens (including phenoxy) is 1. The minimum atomic E-state index is -0.463. The maximum atomic E-state index is 12.1. The Labute approximate surface area is 135 Å². The summed E-state index contributed by atoms with van der Waals surface area (Å²) in [7, 11) is 0. The van der Waals surface area contributed by atoms with Gasteiger partial charge in [0.15, 0.2) is 5.65 Å². The molecule has 1 aliphatic heterocycles. The smallest absolute Gasteiger partial charge is 0.410 e. The molecule has 0 bridgehead atoms. The fraction of sp³-hybridized carbons (Fsp3) is 0.471. The molecule has 1 aliphatic rings. The third-order valence-corrected chi connectivity index (χ3v) is 3.83. The van der Waals surface area contributed by atoms with Gasteiger partial charge < -0.3 is 9.64 Å². The SMILES string of the molecule is Cc1cc2ncnn2cc1C1=CCN(C(=O)OC(C)(C)C)CC1. The van der Waals surface area contributed by atoms with E-state index in [1.807, 2.05) is 33.0 Å². The van der Waals surface area contributed by atoms with Crippen LogP contribution in [0.5, 0.6) is 0 Å². The summed E-state index contributed by atoms with van der Waals surface area (Å²) in [5, 5.41) is 4.19. The Hall–Kier alpha value is -2.37. The Morgan fingerprint density at radius 3 is 2.78 bits per heavy atom. The van der Waals surface area contributed by atoms with Gasteiger partial charge in [0, 0.05) is 19.3 Å². The van der Waals surface area contributed by atoms with E-state index in [1.54, 1.807) is 15.7 Å². The van der Waals surface area contributed by atoms with Crippen molar-refractivity contribution in [3.05, 3.63) is 35.8 Å². The molecule has 6 nitrogen and oxygen atoms in total. The zero-order valence-electron chi connectivity index (χ0n) is 14.0. The molecule has 0 aliphatic carbocycles. The van der Waals surface area contributed by atoms with Crippen LogP contribution in [0.25, 0.3) is 11.2 Å². The first-order chi connectivity index (χ1) is 10.8. The van der Waals surface area contributed by atoms with Gasteiger partial charge in [-0.1, -0.05) is 6.08 Å². The lowest BCUT2D eigenvalue weighted by Gasteiger charge is -2.29. The van der Waals surface area contributed by atoms with Gasteiger partial charge >= 0.3 is 6.09 Å². The van der Waals surface area contributed by atoms with Crippen molar-refractivity contribution in [3.8, 4) is 0 Å². The van der Waals surface area contributed by atoms with Gasteiger partial charge in [-0.25, -0.2) is 14.3 Å². The quantitative estimate of drug-likeness (QED) is 0.811. The molecule has 2 aromatic rings. The van der Waals surface area contributed by atoms with Gasteiger partial charge in [0.05, 0.1) is 0 Å². The van der Waals surface area contributed by atoms with Crippen molar-refractivity contribution < 1.29 is 9.53 Å². The van der Waals surface area contributed by atoms with Crippen molar-refractivity contribution in [3.63, 3.8) is 0 Å². The number of carbonyl (C=O) groups is 1. The van der Waals surface area contributed by atoms with Crippen LogP contribution < -0.4 is 0 Å². The molecule has 0 N–H and O–H groups in total. The summed E-state index contributed by atoms with van der Waals surface area (Å²) >= 11 is 0. The number of aryl methyl sites for hydroxylation is 1. The molecule has 1 amide bonds. The number of rotatable bonds is 1. The van der Waals surface area contributed by atoms with E-state index in [-0.39, 0.29) is 6.09 Å². The second-order valence-electron chi connectivity index (χ2n) is 6.84. The minimum Gasteiger partial charge on any atom is -0.444 e. The van der Waals surface area contributed by atoms with Crippen molar-refractivity contribution >= 4 is 17.3 Å². The van der Waals surface area contributed by atoms with E-state index in [4.69, 9.17) is 4.74 Å². The molecular formula is C17H22N4O2. The summed E-state index contributed by atoms with van der Waals surface area (Å²) in [5.74, 6) is 0. The lowest BCUT2D eigenvalue weighted by molar-refractivity contribution is 0.0270. The molecule has 0 saturated heterocycles. The number of hydrogen-bond donors (Lipinski definition) is 0. The van der Waals surface area contributed by atoms with E-state index in [0.717, 1.165) is 17.6 Å². The lowest BCUT2D eigenvalue weighted by atomic mass is 9.97. The molecule has 0 fully saturated rings. The first-order valence-corrected chi connectivity index (χ1v) is 7.81. The molecule has 0 atom stereocenters. The molecular weight excluding hydrogens is 292 g/mol. The molecule has 0 unspecified atom stereocenters. The van der Waals surface area contributed by atoms with Crippen molar-refractivity contribution in [2.24, 2.45) is 0 Å². The van der Waals surface area contributed by atoms with Gasteiger partial charge in [-0.2, -0.15) is 5.10 Å². The van der Waals surface area contributed by atoms with Crippen LogP contribution in [0.15, 0.2) is 24.7 Å². The highest BCUT2D eigenvalue weighted by Crippen LogP contribution is 2.26. The van der Waals surface area contributed by atoms with Gasteiger partial charge in [0.1, 0.15) is 11.9 Å². The lowest BCUT2D eigenvalue weighted by Crippen LogP contribution is -2.39. The Kier molecular flexibility index (Phi) is 3.83. The number of hydrogen-bond acceptors (Lipinski definition) is 4. The van der Waals surface area contributed by atoms with Crippen LogP contribution in [-0.4, -0.2) is 44.3 Å². The monoisotopic (exact) mass is 314 g/mol. The Bertz CT molecular complexity index is 770. The van der Waals surface area contributed by atoms with Crippen molar-refractivity contribution in [1.29, 1.82) is 0 Å². The first kappa shape index (κ1) is 15.5. The minimum absolute atomic E-state index is 0.253. The fourth-order valence-electron chi connectivity index (χ4n) is 2.70. The standard InChI is InChI=1S/C17H22N4O2/c1-12-9-15-18-11-19-21(15)10-14(12)13-5-7-20(8-6-13)16(22)23-17(2,3)4/h5,9-11H,6-8H2,1-4H3. The highest BCUT2D eigenvalue weighted by Gasteiger charge is 2.24. The predicted molar refractivity (Wildman–Crippen MR) is 88.1 cm³/mol. The molecule has 0 aromatic carbocycles. The third-order valence-electron chi connectivity index (χ3n) is 3.83. The van der Waals surface area contributed by atoms with E-state index >= 15 is 0 Å². The summed E-state index contributed by atoms with van der Waals surface area (Å²) in [4.78, 5) is 18.0. The maximum Gasteiger partial charge on any atom is 0.410 e. The van der Waals surface area contributed by atoms with E-state index in [0.29, 0.717) is 13.1 Å². The summed E-state index contributed by atoms with van der Waals surface area (Å²) in [6, 6.07) is 2.03. The number of aromatic nitrogens is 3. The average Bonchev–Trinajstić information content (AvgIpc) is 2.92. The first-order valence-electron chi connectivity index (χ1n) is 7.81. The second kappa shape index (κ2) is 5.68. The van der Waals surface area contributed by atoms with Crippen LogP contribution >= 0.6 is 0 Å². The number of nitrogens with zero attached hydrogens (tertiary/aromatic N) is 4. The summed E-state index contributed by atoms with van der Waals surface area (Å²) in [6.45, 7) is 8.95. The molecule has 0 saturated carbocycles. The number of carbonyl (C=O) groups excluding carboxylic acids is 1. The number of fused-ring (bicyclic) bond motifs is 1. The Morgan fingerprint density at radius 2 is 2.13 bits per heavy atom. The van der Waals surface area contributed by atoms with E-state index < -0.39 is 5.60 Å². The van der Waals surface area contributed by atoms with Gasteiger partial charge in [-0.05, 0) is 56.9 Å². The largest absolute Gasteiger partial charge is 0.444 e. The van der Waals surface area contributed by atoms with Gasteiger partial charge in [-0.3, -0.25) is 0 Å². The van der Waals surface area contributed by atoms with Crippen LogP contribution in [0.1, 0.15) is 38.3 Å². The van der Waals surface area contributed by atoms with Crippen LogP contribution in [0.3, 0.4) is 0 Å². The van der Waals surface area contributed by atoms with Crippen LogP contribution in [0, 0.1) is 6.92 Å². The van der Waals surface area contributed by atoms with Crippen molar-refractivity contribution in [2.75, 3.05) is 13.1 Å². The molecule has 0 radical (unpaired) electrons. The van der Waals surface area contributed by atoms with Gasteiger partial charge in [0.25, 0.3) is 0 Å². The van der Waals surface area contributed by atoms with E-state index in [2.05, 4.69) is 23.1 Å². The summed E-state index contributed by atoms with van der Waals surface area (Å²) < 4.78 is 7.21. The topological polar surface area (TPSA) is 59.7 Å². The Morgan fingerprint density at radius 1 is 1.35 bits per heavy atom. The van der Waals surface area contributed by atoms with Crippen LogP contribution in [-0.2, 0) is 4.74 Å². The fourth-order valence-corrected chi connectivity index (χ4v) is 2.70. The van der Waals surface area contributed by atoms with E-state index in [9.17, 15) is 4.79 Å². The molecule has 122 valence electrons. The highest BCUT2D eigenvalue weighted by atomic mass is 16.6. The normalized spacial score (nSPS) is 15.7. The molecule has 3 heterocycles. The number of pyridine rings is 1. The average molecular weight is 314 g/mol. The van der Waals surface area contributed by atoms with Crippen molar-refractivity contribution in [1.82, 2.24) is 19.5 Å². The van der Waals surface area contributed by atoms with E-state index in [1.165, 1.54) is 11.1 Å². The van der Waals surface area contributed by atoms with Crippen LogP contribution in [0.2, 0.25) is 0 Å². The second-order valence-corrected chi connectivity index (χ2v) is 6.84. The summed E-state index contributed by atoms with van der Waals surface area (Å²) in [5.41, 5.74) is 3.95. The zero-order chi connectivity index (χ0) is 16.6. The predicted octanol–water partition coefficient (Wildman–Crippen LogP) is 3.06. The van der Waals surface area contributed by atoms with Crippen LogP contribution in [0.4, 0.5) is 4.79 Å². The highest BCUT2D eigenvalue weighted by molar-refractivity contribution is 5.74. The summed E-state index contributed by atoms with van der Waals surface area (Å²) in [6.07, 6.45) is 6.21. The van der Waals surface area contributed by atoms with Gasteiger partial charge in [0.2, 0.25) is 0 Å². The van der Waals surface area contributed by atoms with Crippen molar-refractivity contribution in [2.45, 2.75) is 39.7 Å². The molecule has 3 rings (SSSR count). The molecule has 23 heavy (non-hydrogen) atoms. The number of amides is 1. The molecule has 0 spiro atoms. The Balaban J connectivity index is 1.77. The third kappa shape index (κ3) is 3.36. The molecule has 2 aromatic heterocycles. The maximum absolute atomic E-state index is 12.1.